The van der Waals surface area contributed by atoms with Gasteiger partial charge in [-0.1, -0.05) is 11.8 Å². The summed E-state index contributed by atoms with van der Waals surface area (Å²) < 4.78 is 13.2. The first-order valence-electron chi connectivity index (χ1n) is 7.67. The fourth-order valence-electron chi connectivity index (χ4n) is 2.96. The van der Waals surface area contributed by atoms with Crippen molar-refractivity contribution in [2.45, 2.75) is 37.6 Å². The van der Waals surface area contributed by atoms with Crippen LogP contribution >= 0.6 is 11.8 Å². The summed E-state index contributed by atoms with van der Waals surface area (Å²) in [5.74, 6) is 1.52. The van der Waals surface area contributed by atoms with Crippen LogP contribution in [0.25, 0.3) is 16.9 Å². The van der Waals surface area contributed by atoms with Crippen molar-refractivity contribution in [1.29, 1.82) is 5.26 Å². The van der Waals surface area contributed by atoms with E-state index >= 15 is 0 Å². The van der Waals surface area contributed by atoms with Gasteiger partial charge >= 0.3 is 0 Å². The number of anilines is 1. The molecule has 25 heavy (non-hydrogen) atoms. The normalized spacial score (nSPS) is 15.9. The average Bonchev–Trinajstić information content (AvgIpc) is 3.13. The summed E-state index contributed by atoms with van der Waals surface area (Å²) in [6.07, 6.45) is 3.98. The van der Waals surface area contributed by atoms with Crippen LogP contribution < -0.4 is 5.73 Å². The predicted molar refractivity (Wildman–Crippen MR) is 92.4 cm³/mol. The number of furan rings is 1. The molecular formula is C16H16N6O2S. The number of thioether (sulfide) groups is 1. The second kappa shape index (κ2) is 5.47. The van der Waals surface area contributed by atoms with Crippen LogP contribution in [0.1, 0.15) is 30.7 Å². The fraction of sp³-hybridized carbons (Fsp3) is 0.375. The molecule has 8 nitrogen and oxygen atoms in total. The zero-order valence-corrected chi connectivity index (χ0v) is 14.8. The van der Waals surface area contributed by atoms with Gasteiger partial charge in [0.1, 0.15) is 29.8 Å². The minimum Gasteiger partial charge on any atom is -0.440 e. The van der Waals surface area contributed by atoms with Crippen molar-refractivity contribution in [3.05, 3.63) is 23.1 Å². The Hall–Kier alpha value is -2.57. The average molecular weight is 356 g/mol. The van der Waals surface area contributed by atoms with E-state index in [0.717, 1.165) is 16.7 Å². The molecule has 9 heteroatoms. The Bertz CT molecular complexity index is 1030. The summed E-state index contributed by atoms with van der Waals surface area (Å²) in [4.78, 5) is 9.06. The van der Waals surface area contributed by atoms with Crippen LogP contribution in [0.4, 0.5) is 5.82 Å². The Morgan fingerprint density at radius 2 is 2.20 bits per heavy atom. The van der Waals surface area contributed by atoms with Gasteiger partial charge in [-0.25, -0.2) is 4.98 Å². The van der Waals surface area contributed by atoms with Crippen LogP contribution in [0.5, 0.6) is 0 Å². The van der Waals surface area contributed by atoms with Crippen molar-refractivity contribution in [2.75, 3.05) is 12.0 Å². The van der Waals surface area contributed by atoms with Crippen molar-refractivity contribution >= 4 is 28.7 Å². The third-order valence-corrected chi connectivity index (χ3v) is 4.75. The second-order valence-corrected chi connectivity index (χ2v) is 7.18. The van der Waals surface area contributed by atoms with Gasteiger partial charge in [0.05, 0.1) is 17.2 Å². The number of aromatic nitrogens is 4. The Morgan fingerprint density at radius 1 is 1.40 bits per heavy atom. The monoisotopic (exact) mass is 356 g/mol. The highest BCUT2D eigenvalue weighted by Gasteiger charge is 2.33. The van der Waals surface area contributed by atoms with E-state index in [2.05, 4.69) is 15.1 Å². The van der Waals surface area contributed by atoms with Gasteiger partial charge in [-0.15, -0.1) is 0 Å². The van der Waals surface area contributed by atoms with E-state index < -0.39 is 0 Å². The van der Waals surface area contributed by atoms with Gasteiger partial charge in [0.2, 0.25) is 5.71 Å². The lowest BCUT2D eigenvalue weighted by atomic mass is 9.94. The lowest BCUT2D eigenvalue weighted by Gasteiger charge is -2.29. The molecule has 0 aromatic carbocycles. The van der Waals surface area contributed by atoms with Gasteiger partial charge in [0.25, 0.3) is 0 Å². The Labute approximate surface area is 148 Å². The number of ether oxygens (including phenoxy) is 1. The number of hydrogen-bond acceptors (Lipinski definition) is 8. The number of rotatable bonds is 2. The van der Waals surface area contributed by atoms with E-state index in [1.807, 2.05) is 26.2 Å². The molecule has 2 N–H and O–H groups in total. The number of fused-ring (bicyclic) bond motifs is 3. The molecule has 3 aromatic rings. The minimum absolute atomic E-state index is 0.246. The highest BCUT2D eigenvalue weighted by atomic mass is 32.2. The summed E-state index contributed by atoms with van der Waals surface area (Å²) in [5.41, 5.74) is 7.56. The van der Waals surface area contributed by atoms with Crippen molar-refractivity contribution in [3.8, 4) is 11.9 Å². The zero-order valence-electron chi connectivity index (χ0n) is 14.0. The van der Waals surface area contributed by atoms with Gasteiger partial charge in [-0.3, -0.25) is 0 Å². The summed E-state index contributed by atoms with van der Waals surface area (Å²) in [6.45, 7) is 4.44. The van der Waals surface area contributed by atoms with E-state index in [-0.39, 0.29) is 11.4 Å². The number of nitrogen functional groups attached to an aromatic ring is 1. The molecule has 0 amide bonds. The van der Waals surface area contributed by atoms with Crippen LogP contribution in [-0.2, 0) is 17.8 Å². The van der Waals surface area contributed by atoms with E-state index in [1.165, 1.54) is 22.6 Å². The number of nitrogens with zero attached hydrogens (tertiary/aromatic N) is 5. The first kappa shape index (κ1) is 15.9. The summed E-state index contributed by atoms with van der Waals surface area (Å²) >= 11 is 1.40. The largest absolute Gasteiger partial charge is 0.440 e. The van der Waals surface area contributed by atoms with Gasteiger partial charge in [0, 0.05) is 12.0 Å². The smallest absolute Gasteiger partial charge is 0.232 e. The molecule has 0 atom stereocenters. The Balaban J connectivity index is 2.04. The van der Waals surface area contributed by atoms with Crippen LogP contribution in [0.3, 0.4) is 0 Å². The predicted octanol–water partition coefficient (Wildman–Crippen LogP) is 2.44. The van der Waals surface area contributed by atoms with E-state index in [0.29, 0.717) is 35.3 Å². The summed E-state index contributed by atoms with van der Waals surface area (Å²) in [5, 5.41) is 14.7. The third-order valence-electron chi connectivity index (χ3n) is 4.20. The maximum atomic E-state index is 9.16. The van der Waals surface area contributed by atoms with Gasteiger partial charge in [0.15, 0.2) is 11.0 Å². The summed E-state index contributed by atoms with van der Waals surface area (Å²) in [7, 11) is 0. The van der Waals surface area contributed by atoms with Crippen LogP contribution in [0.15, 0.2) is 15.8 Å². The van der Waals surface area contributed by atoms with E-state index in [4.69, 9.17) is 20.1 Å². The van der Waals surface area contributed by atoms with Crippen molar-refractivity contribution in [2.24, 2.45) is 0 Å². The summed E-state index contributed by atoms with van der Waals surface area (Å²) in [6, 6.07) is 2.03. The van der Waals surface area contributed by atoms with Crippen LogP contribution in [0, 0.1) is 11.3 Å². The molecule has 4 heterocycles. The maximum absolute atomic E-state index is 9.16. The molecule has 0 bridgehead atoms. The molecule has 0 saturated heterocycles. The van der Waals surface area contributed by atoms with E-state index in [9.17, 15) is 0 Å². The van der Waals surface area contributed by atoms with Gasteiger partial charge in [-0.2, -0.15) is 20.0 Å². The maximum Gasteiger partial charge on any atom is 0.232 e. The fourth-order valence-corrected chi connectivity index (χ4v) is 3.32. The molecule has 0 unspecified atom stereocenters. The lowest BCUT2D eigenvalue weighted by molar-refractivity contribution is -0.0476. The SMILES string of the molecule is CSc1nc(-n2ncc(C#N)c2N)c2c3c(oc2n1)COC(C)(C)C3. The first-order valence-corrected chi connectivity index (χ1v) is 8.90. The standard InChI is InChI=1S/C16H16N6O2S/c1-16(2)4-9-10(7-23-16)24-14-11(9)13(20-15(21-14)25-3)22-12(18)8(5-17)6-19-22/h6H,4,7,18H2,1-3H3. The molecule has 128 valence electrons. The van der Waals surface area contributed by atoms with Crippen LogP contribution in [0.2, 0.25) is 0 Å². The Kier molecular flexibility index (Phi) is 3.49. The third kappa shape index (κ3) is 2.45. The first-order chi connectivity index (χ1) is 11.9. The second-order valence-electron chi connectivity index (χ2n) is 6.41. The highest BCUT2D eigenvalue weighted by Crippen LogP contribution is 2.38. The molecular weight excluding hydrogens is 340 g/mol. The molecule has 0 saturated carbocycles. The molecule has 1 aliphatic rings. The quantitative estimate of drug-likeness (QED) is 0.550. The lowest BCUT2D eigenvalue weighted by Crippen LogP contribution is -2.31. The zero-order chi connectivity index (χ0) is 17.8. The number of hydrogen-bond donors (Lipinski definition) is 1. The van der Waals surface area contributed by atoms with Gasteiger partial charge < -0.3 is 14.9 Å². The molecule has 0 fully saturated rings. The van der Waals surface area contributed by atoms with E-state index in [1.54, 1.807) is 0 Å². The molecule has 0 radical (unpaired) electrons. The van der Waals surface area contributed by atoms with Crippen molar-refractivity contribution < 1.29 is 9.15 Å². The molecule has 1 aliphatic heterocycles. The molecule has 0 spiro atoms. The molecule has 4 rings (SSSR count). The molecule has 0 aliphatic carbocycles. The topological polar surface area (TPSA) is 116 Å². The minimum atomic E-state index is -0.313. The van der Waals surface area contributed by atoms with Crippen LogP contribution in [-0.4, -0.2) is 31.6 Å². The molecule has 3 aromatic heterocycles. The van der Waals surface area contributed by atoms with Crippen molar-refractivity contribution in [1.82, 2.24) is 19.7 Å². The highest BCUT2D eigenvalue weighted by molar-refractivity contribution is 7.98. The van der Waals surface area contributed by atoms with Crippen molar-refractivity contribution in [3.63, 3.8) is 0 Å². The number of nitriles is 1. The number of nitrogens with two attached hydrogens (primary N) is 1. The van der Waals surface area contributed by atoms with Gasteiger partial charge in [-0.05, 0) is 20.1 Å². The Morgan fingerprint density at radius 3 is 2.88 bits per heavy atom.